The van der Waals surface area contributed by atoms with Crippen molar-refractivity contribution >= 4 is 21.4 Å². The molecule has 2 aromatic rings. The van der Waals surface area contributed by atoms with Gasteiger partial charge in [0.2, 0.25) is 10.0 Å². The summed E-state index contributed by atoms with van der Waals surface area (Å²) in [5.74, 6) is 0.258. The second-order valence-corrected chi connectivity index (χ2v) is 9.59. The number of anilines is 1. The molecule has 1 aliphatic rings. The van der Waals surface area contributed by atoms with E-state index >= 15 is 0 Å². The Morgan fingerprint density at radius 2 is 1.97 bits per heavy atom. The van der Waals surface area contributed by atoms with E-state index in [-0.39, 0.29) is 35.3 Å². The largest absolute Gasteiger partial charge is 0.395 e. The molecule has 0 aliphatic carbocycles. The minimum Gasteiger partial charge on any atom is -0.395 e. The molecular formula is C21H27N3O5S. The van der Waals surface area contributed by atoms with Crippen molar-refractivity contribution in [1.29, 1.82) is 0 Å². The van der Waals surface area contributed by atoms with Gasteiger partial charge in [-0.15, -0.1) is 0 Å². The number of nitro groups is 1. The van der Waals surface area contributed by atoms with Crippen LogP contribution in [-0.4, -0.2) is 49.0 Å². The molecule has 1 N–H and O–H groups in total. The van der Waals surface area contributed by atoms with Crippen LogP contribution >= 0.6 is 0 Å². The lowest BCUT2D eigenvalue weighted by Gasteiger charge is -2.30. The van der Waals surface area contributed by atoms with Crippen LogP contribution in [0, 0.1) is 16.0 Å². The van der Waals surface area contributed by atoms with E-state index in [9.17, 15) is 23.6 Å². The molecular weight excluding hydrogens is 406 g/mol. The number of sulfonamides is 1. The third-order valence-corrected chi connectivity index (χ3v) is 7.19. The summed E-state index contributed by atoms with van der Waals surface area (Å²) in [5, 5.41) is 21.3. The average molecular weight is 434 g/mol. The van der Waals surface area contributed by atoms with Gasteiger partial charge in [0.15, 0.2) is 0 Å². The number of piperidine rings is 1. The molecule has 0 unspecified atom stereocenters. The van der Waals surface area contributed by atoms with Crippen molar-refractivity contribution in [3.63, 3.8) is 0 Å². The van der Waals surface area contributed by atoms with Crippen LogP contribution in [0.15, 0.2) is 53.4 Å². The fourth-order valence-corrected chi connectivity index (χ4v) is 5.42. The maximum atomic E-state index is 13.1. The van der Waals surface area contributed by atoms with Crippen LogP contribution in [0.1, 0.15) is 25.3 Å². The van der Waals surface area contributed by atoms with Crippen molar-refractivity contribution in [2.45, 2.75) is 31.2 Å². The number of nitrogens with zero attached hydrogens (tertiary/aromatic N) is 3. The van der Waals surface area contributed by atoms with Crippen LogP contribution in [0.25, 0.3) is 0 Å². The van der Waals surface area contributed by atoms with E-state index in [0.29, 0.717) is 19.6 Å². The molecule has 162 valence electrons. The molecule has 1 fully saturated rings. The minimum atomic E-state index is -3.80. The molecule has 2 aromatic carbocycles. The molecule has 1 atom stereocenters. The fraction of sp³-hybridized carbons (Fsp3) is 0.429. The molecule has 1 aliphatic heterocycles. The Hall–Kier alpha value is -2.49. The summed E-state index contributed by atoms with van der Waals surface area (Å²) in [4.78, 5) is 12.8. The van der Waals surface area contributed by atoms with E-state index in [1.54, 1.807) is 4.90 Å². The molecule has 1 saturated heterocycles. The van der Waals surface area contributed by atoms with Gasteiger partial charge in [-0.3, -0.25) is 10.1 Å². The molecule has 0 aromatic heterocycles. The summed E-state index contributed by atoms with van der Waals surface area (Å²) in [5.41, 5.74) is 0.925. The number of aliphatic hydroxyl groups excluding tert-OH is 1. The lowest BCUT2D eigenvalue weighted by atomic mass is 10.0. The standard InChI is InChI=1S/C21H27N3O5S/c1-17-6-5-11-23(15-17)30(28,29)19-9-10-20(21(14-19)24(26)27)22(12-13-25)16-18-7-3-2-4-8-18/h2-4,7-10,14,17,25H,5-6,11-13,15-16H2,1H3/t17-/m1/s1. The van der Waals surface area contributed by atoms with E-state index in [1.807, 2.05) is 37.3 Å². The summed E-state index contributed by atoms with van der Waals surface area (Å²) < 4.78 is 27.5. The molecule has 9 heteroatoms. The smallest absolute Gasteiger partial charge is 0.293 e. The number of aliphatic hydroxyl groups is 1. The highest BCUT2D eigenvalue weighted by molar-refractivity contribution is 7.89. The molecule has 0 bridgehead atoms. The van der Waals surface area contributed by atoms with E-state index < -0.39 is 14.9 Å². The summed E-state index contributed by atoms with van der Waals surface area (Å²) in [7, 11) is -3.80. The molecule has 0 spiro atoms. The van der Waals surface area contributed by atoms with Crippen molar-refractivity contribution in [1.82, 2.24) is 4.31 Å². The van der Waals surface area contributed by atoms with Gasteiger partial charge < -0.3 is 10.0 Å². The Bertz CT molecular complexity index is 981. The van der Waals surface area contributed by atoms with Gasteiger partial charge in [0.05, 0.1) is 16.4 Å². The van der Waals surface area contributed by atoms with Crippen molar-refractivity contribution in [2.75, 3.05) is 31.1 Å². The first kappa shape index (κ1) is 22.2. The van der Waals surface area contributed by atoms with Gasteiger partial charge in [0.25, 0.3) is 5.69 Å². The third kappa shape index (κ3) is 4.97. The van der Waals surface area contributed by atoms with Gasteiger partial charge in [-0.05, 0) is 36.5 Å². The summed E-state index contributed by atoms with van der Waals surface area (Å²) in [6.45, 7) is 3.21. The SMILES string of the molecule is C[C@@H]1CCCN(S(=O)(=O)c2ccc(N(CCO)Cc3ccccc3)c([N+](=O)[O-])c2)C1. The Balaban J connectivity index is 1.97. The van der Waals surface area contributed by atoms with Crippen LogP contribution in [0.3, 0.4) is 0 Å². The van der Waals surface area contributed by atoms with Crippen molar-refractivity contribution in [2.24, 2.45) is 5.92 Å². The van der Waals surface area contributed by atoms with Crippen LogP contribution in [0.5, 0.6) is 0 Å². The number of hydrogen-bond donors (Lipinski definition) is 1. The van der Waals surface area contributed by atoms with Crippen LogP contribution < -0.4 is 4.90 Å². The highest BCUT2D eigenvalue weighted by Crippen LogP contribution is 2.33. The lowest BCUT2D eigenvalue weighted by molar-refractivity contribution is -0.384. The van der Waals surface area contributed by atoms with Gasteiger partial charge in [-0.1, -0.05) is 37.3 Å². The van der Waals surface area contributed by atoms with Crippen molar-refractivity contribution < 1.29 is 18.4 Å². The zero-order chi connectivity index (χ0) is 21.7. The molecule has 30 heavy (non-hydrogen) atoms. The predicted octanol–water partition coefficient (Wildman–Crippen LogP) is 3.01. The molecule has 0 saturated carbocycles. The van der Waals surface area contributed by atoms with E-state index in [2.05, 4.69) is 0 Å². The third-order valence-electron chi connectivity index (χ3n) is 5.33. The molecule has 0 radical (unpaired) electrons. The van der Waals surface area contributed by atoms with Gasteiger partial charge >= 0.3 is 0 Å². The van der Waals surface area contributed by atoms with Crippen molar-refractivity contribution in [3.05, 3.63) is 64.2 Å². The highest BCUT2D eigenvalue weighted by Gasteiger charge is 2.31. The maximum absolute atomic E-state index is 13.1. The Morgan fingerprint density at radius 3 is 2.60 bits per heavy atom. The highest BCUT2D eigenvalue weighted by atomic mass is 32.2. The summed E-state index contributed by atoms with van der Waals surface area (Å²) in [6, 6.07) is 13.4. The quantitative estimate of drug-likeness (QED) is 0.507. The molecule has 8 nitrogen and oxygen atoms in total. The zero-order valence-corrected chi connectivity index (χ0v) is 17.8. The minimum absolute atomic E-state index is 0.0734. The van der Waals surface area contributed by atoms with Crippen LogP contribution in [0.4, 0.5) is 11.4 Å². The molecule has 1 heterocycles. The summed E-state index contributed by atoms with van der Waals surface area (Å²) in [6.07, 6.45) is 1.75. The van der Waals surface area contributed by atoms with Gasteiger partial charge in [0, 0.05) is 32.2 Å². The number of benzene rings is 2. The van der Waals surface area contributed by atoms with Gasteiger partial charge in [-0.2, -0.15) is 4.31 Å². The fourth-order valence-electron chi connectivity index (χ4n) is 3.80. The van der Waals surface area contributed by atoms with E-state index in [4.69, 9.17) is 0 Å². The zero-order valence-electron chi connectivity index (χ0n) is 17.0. The first-order chi connectivity index (χ1) is 14.3. The first-order valence-corrected chi connectivity index (χ1v) is 11.4. The van der Waals surface area contributed by atoms with Gasteiger partial charge in [-0.25, -0.2) is 8.42 Å². The van der Waals surface area contributed by atoms with Crippen LogP contribution in [-0.2, 0) is 16.6 Å². The summed E-state index contributed by atoms with van der Waals surface area (Å²) >= 11 is 0. The normalized spacial score (nSPS) is 17.6. The number of nitro benzene ring substituents is 1. The number of hydrogen-bond acceptors (Lipinski definition) is 6. The topological polar surface area (TPSA) is 104 Å². The Labute approximate surface area is 176 Å². The van der Waals surface area contributed by atoms with Gasteiger partial charge in [0.1, 0.15) is 5.69 Å². The predicted molar refractivity (Wildman–Crippen MR) is 115 cm³/mol. The second kappa shape index (κ2) is 9.55. The molecule has 0 amide bonds. The Morgan fingerprint density at radius 1 is 1.23 bits per heavy atom. The van der Waals surface area contributed by atoms with Crippen LogP contribution in [0.2, 0.25) is 0 Å². The first-order valence-electron chi connectivity index (χ1n) is 10.0. The lowest BCUT2D eigenvalue weighted by Crippen LogP contribution is -2.39. The monoisotopic (exact) mass is 433 g/mol. The van der Waals surface area contributed by atoms with E-state index in [0.717, 1.165) is 24.5 Å². The average Bonchev–Trinajstić information content (AvgIpc) is 2.73. The van der Waals surface area contributed by atoms with E-state index in [1.165, 1.54) is 16.4 Å². The Kier molecular flexibility index (Phi) is 7.06. The number of rotatable bonds is 8. The second-order valence-electron chi connectivity index (χ2n) is 7.65. The molecule has 3 rings (SSSR count). The van der Waals surface area contributed by atoms with Crippen molar-refractivity contribution in [3.8, 4) is 0 Å². The maximum Gasteiger partial charge on any atom is 0.293 e.